The Morgan fingerprint density at radius 2 is 2.00 bits per heavy atom. The van der Waals surface area contributed by atoms with E-state index in [1.165, 1.54) is 19.3 Å². The van der Waals surface area contributed by atoms with E-state index in [0.717, 1.165) is 45.5 Å². The molecule has 2 aliphatic heterocycles. The smallest absolute Gasteiger partial charge is 0.303 e. The van der Waals surface area contributed by atoms with E-state index < -0.39 is 5.97 Å². The first-order chi connectivity index (χ1) is 8.74. The highest BCUT2D eigenvalue weighted by Gasteiger charge is 2.23. The van der Waals surface area contributed by atoms with Crippen molar-refractivity contribution < 1.29 is 14.6 Å². The summed E-state index contributed by atoms with van der Waals surface area (Å²) in [5, 5.41) is 8.69. The van der Waals surface area contributed by atoms with E-state index in [9.17, 15) is 4.79 Å². The van der Waals surface area contributed by atoms with Crippen LogP contribution in [-0.2, 0) is 9.53 Å². The average molecular weight is 255 g/mol. The molecule has 2 heterocycles. The van der Waals surface area contributed by atoms with Crippen LogP contribution in [0.15, 0.2) is 0 Å². The summed E-state index contributed by atoms with van der Waals surface area (Å²) in [6, 6.07) is 0. The molecule has 0 amide bonds. The summed E-state index contributed by atoms with van der Waals surface area (Å²) in [5.41, 5.74) is 0. The zero-order chi connectivity index (χ0) is 12.8. The number of carbonyl (C=O) groups is 1. The van der Waals surface area contributed by atoms with Gasteiger partial charge in [0.1, 0.15) is 0 Å². The monoisotopic (exact) mass is 255 g/mol. The molecule has 1 unspecified atom stereocenters. The first-order valence-electron chi connectivity index (χ1n) is 7.30. The van der Waals surface area contributed by atoms with Gasteiger partial charge in [0.05, 0.1) is 6.10 Å². The van der Waals surface area contributed by atoms with Crippen LogP contribution < -0.4 is 0 Å². The lowest BCUT2D eigenvalue weighted by molar-refractivity contribution is -0.137. The zero-order valence-corrected chi connectivity index (χ0v) is 11.1. The second-order valence-electron chi connectivity index (χ2n) is 5.66. The molecule has 4 nitrogen and oxygen atoms in total. The number of carboxylic acids is 1. The molecule has 0 aliphatic carbocycles. The van der Waals surface area contributed by atoms with Crippen LogP contribution in [0.1, 0.15) is 44.9 Å². The lowest BCUT2D eigenvalue weighted by Gasteiger charge is -2.35. The van der Waals surface area contributed by atoms with Crippen LogP contribution in [-0.4, -0.2) is 48.3 Å². The van der Waals surface area contributed by atoms with Crippen LogP contribution in [0, 0.1) is 5.92 Å². The van der Waals surface area contributed by atoms with Gasteiger partial charge in [-0.1, -0.05) is 0 Å². The molecular weight excluding hydrogens is 230 g/mol. The van der Waals surface area contributed by atoms with Gasteiger partial charge in [-0.15, -0.1) is 0 Å². The molecule has 4 heteroatoms. The summed E-state index contributed by atoms with van der Waals surface area (Å²) in [6.45, 7) is 4.24. The number of nitrogens with zero attached hydrogens (tertiary/aromatic N) is 1. The van der Waals surface area contributed by atoms with Crippen molar-refractivity contribution in [2.24, 2.45) is 5.92 Å². The van der Waals surface area contributed by atoms with Gasteiger partial charge in [0.25, 0.3) is 0 Å². The third-order valence-electron chi connectivity index (χ3n) is 4.21. The predicted molar refractivity (Wildman–Crippen MR) is 69.6 cm³/mol. The standard InChI is InChI=1S/C14H25NO3/c16-14(17)5-4-12-6-8-15(9-7-12)11-13-3-1-2-10-18-13/h12-13H,1-11H2,(H,16,17). The Hall–Kier alpha value is -0.610. The van der Waals surface area contributed by atoms with Crippen molar-refractivity contribution in [1.29, 1.82) is 0 Å². The minimum absolute atomic E-state index is 0.330. The molecule has 0 aromatic carbocycles. The highest BCUT2D eigenvalue weighted by atomic mass is 16.5. The molecule has 2 aliphatic rings. The Labute approximate surface area is 109 Å². The molecule has 0 spiro atoms. The molecule has 104 valence electrons. The van der Waals surface area contributed by atoms with E-state index in [1.54, 1.807) is 0 Å². The molecule has 0 aromatic rings. The maximum atomic E-state index is 10.5. The predicted octanol–water partition coefficient (Wildman–Crippen LogP) is 2.13. The number of likely N-dealkylation sites (tertiary alicyclic amines) is 1. The van der Waals surface area contributed by atoms with Gasteiger partial charge in [0.15, 0.2) is 0 Å². The molecule has 0 radical (unpaired) electrons. The third-order valence-corrected chi connectivity index (χ3v) is 4.21. The summed E-state index contributed by atoms with van der Waals surface area (Å²) in [5.74, 6) is -0.0438. The molecule has 1 N–H and O–H groups in total. The van der Waals surface area contributed by atoms with Crippen molar-refractivity contribution in [3.8, 4) is 0 Å². The van der Waals surface area contributed by atoms with Crippen molar-refractivity contribution in [2.45, 2.75) is 51.0 Å². The third kappa shape index (κ3) is 4.58. The first-order valence-corrected chi connectivity index (χ1v) is 7.30. The van der Waals surface area contributed by atoms with Gasteiger partial charge in [-0.3, -0.25) is 4.79 Å². The van der Waals surface area contributed by atoms with E-state index in [-0.39, 0.29) is 0 Å². The van der Waals surface area contributed by atoms with Crippen molar-refractivity contribution >= 4 is 5.97 Å². The van der Waals surface area contributed by atoms with Crippen LogP contribution in [0.3, 0.4) is 0 Å². The Kier molecular flexibility index (Phi) is 5.45. The van der Waals surface area contributed by atoms with Gasteiger partial charge < -0.3 is 14.7 Å². The minimum Gasteiger partial charge on any atom is -0.481 e. The van der Waals surface area contributed by atoms with Gasteiger partial charge in [0, 0.05) is 19.6 Å². The lowest BCUT2D eigenvalue weighted by Crippen LogP contribution is -2.40. The fourth-order valence-corrected chi connectivity index (χ4v) is 3.02. The minimum atomic E-state index is -0.659. The van der Waals surface area contributed by atoms with Gasteiger partial charge in [0.2, 0.25) is 0 Å². The van der Waals surface area contributed by atoms with E-state index in [0.29, 0.717) is 18.4 Å². The summed E-state index contributed by atoms with van der Waals surface area (Å²) in [6.07, 6.45) is 7.65. The van der Waals surface area contributed by atoms with Crippen molar-refractivity contribution in [1.82, 2.24) is 4.90 Å². The summed E-state index contributed by atoms with van der Waals surface area (Å²) in [4.78, 5) is 13.0. The topological polar surface area (TPSA) is 49.8 Å². The van der Waals surface area contributed by atoms with Gasteiger partial charge in [-0.2, -0.15) is 0 Å². The Balaban J connectivity index is 1.62. The van der Waals surface area contributed by atoms with Crippen molar-refractivity contribution in [2.75, 3.05) is 26.2 Å². The number of aliphatic carboxylic acids is 1. The maximum Gasteiger partial charge on any atom is 0.303 e. The van der Waals surface area contributed by atoms with Crippen molar-refractivity contribution in [3.05, 3.63) is 0 Å². The number of ether oxygens (including phenoxy) is 1. The highest BCUT2D eigenvalue weighted by Crippen LogP contribution is 2.23. The molecule has 0 bridgehead atoms. The normalized spacial score (nSPS) is 27.2. The number of piperidine rings is 1. The fraction of sp³-hybridized carbons (Fsp3) is 0.929. The molecule has 2 rings (SSSR count). The van der Waals surface area contributed by atoms with Gasteiger partial charge in [-0.25, -0.2) is 0 Å². The maximum absolute atomic E-state index is 10.5. The molecule has 1 atom stereocenters. The number of hydrogen-bond acceptors (Lipinski definition) is 3. The van der Waals surface area contributed by atoms with Crippen LogP contribution in [0.5, 0.6) is 0 Å². The van der Waals surface area contributed by atoms with E-state index in [4.69, 9.17) is 9.84 Å². The fourth-order valence-electron chi connectivity index (χ4n) is 3.02. The molecule has 0 saturated carbocycles. The Morgan fingerprint density at radius 1 is 1.22 bits per heavy atom. The zero-order valence-electron chi connectivity index (χ0n) is 11.1. The quantitative estimate of drug-likeness (QED) is 0.817. The highest BCUT2D eigenvalue weighted by molar-refractivity contribution is 5.66. The molecule has 2 fully saturated rings. The Morgan fingerprint density at radius 3 is 2.61 bits per heavy atom. The number of carboxylic acid groups (broad SMARTS) is 1. The Bertz CT molecular complexity index is 256. The summed E-state index contributed by atoms with van der Waals surface area (Å²) in [7, 11) is 0. The summed E-state index contributed by atoms with van der Waals surface area (Å²) >= 11 is 0. The lowest BCUT2D eigenvalue weighted by atomic mass is 9.92. The van der Waals surface area contributed by atoms with Crippen LogP contribution >= 0.6 is 0 Å². The number of hydrogen-bond donors (Lipinski definition) is 1. The van der Waals surface area contributed by atoms with Gasteiger partial charge in [-0.05, 0) is 57.5 Å². The average Bonchev–Trinajstić information content (AvgIpc) is 2.39. The van der Waals surface area contributed by atoms with E-state index in [2.05, 4.69) is 4.90 Å². The van der Waals surface area contributed by atoms with Crippen LogP contribution in [0.25, 0.3) is 0 Å². The second kappa shape index (κ2) is 7.10. The molecule has 0 aromatic heterocycles. The molecular formula is C14H25NO3. The van der Waals surface area contributed by atoms with E-state index >= 15 is 0 Å². The van der Waals surface area contributed by atoms with Gasteiger partial charge >= 0.3 is 5.97 Å². The summed E-state index contributed by atoms with van der Waals surface area (Å²) < 4.78 is 5.77. The second-order valence-corrected chi connectivity index (χ2v) is 5.66. The van der Waals surface area contributed by atoms with Crippen LogP contribution in [0.4, 0.5) is 0 Å². The first kappa shape index (κ1) is 13.8. The molecule has 2 saturated heterocycles. The largest absolute Gasteiger partial charge is 0.481 e. The van der Waals surface area contributed by atoms with Crippen LogP contribution in [0.2, 0.25) is 0 Å². The molecule has 18 heavy (non-hydrogen) atoms. The van der Waals surface area contributed by atoms with E-state index in [1.807, 2.05) is 0 Å². The van der Waals surface area contributed by atoms with Crippen molar-refractivity contribution in [3.63, 3.8) is 0 Å². The number of rotatable bonds is 5. The SMILES string of the molecule is O=C(O)CCC1CCN(CC2CCCCO2)CC1.